The normalized spacial score (nSPS) is 14.6. The van der Waals surface area contributed by atoms with Crippen LogP contribution < -0.4 is 0 Å². The number of aromatic nitrogens is 4. The lowest BCUT2D eigenvalue weighted by Gasteiger charge is -2.08. The SMILES string of the molecule is O=C(O)CSc1nnc(C2CC2)n1CCc1nccs1. The van der Waals surface area contributed by atoms with Crippen molar-refractivity contribution in [1.29, 1.82) is 0 Å². The van der Waals surface area contributed by atoms with Gasteiger partial charge in [0.2, 0.25) is 0 Å². The van der Waals surface area contributed by atoms with E-state index in [-0.39, 0.29) is 5.75 Å². The van der Waals surface area contributed by atoms with Crippen LogP contribution in [0.15, 0.2) is 16.7 Å². The van der Waals surface area contributed by atoms with Crippen molar-refractivity contribution in [3.8, 4) is 0 Å². The Hall–Kier alpha value is -1.41. The van der Waals surface area contributed by atoms with Crippen LogP contribution in [0.2, 0.25) is 0 Å². The molecule has 0 aromatic carbocycles. The topological polar surface area (TPSA) is 80.9 Å². The van der Waals surface area contributed by atoms with E-state index in [9.17, 15) is 4.79 Å². The summed E-state index contributed by atoms with van der Waals surface area (Å²) in [4.78, 5) is 15.0. The van der Waals surface area contributed by atoms with Gasteiger partial charge >= 0.3 is 5.97 Å². The molecule has 1 saturated carbocycles. The number of hydrogen-bond acceptors (Lipinski definition) is 6. The highest BCUT2D eigenvalue weighted by Gasteiger charge is 2.30. The highest BCUT2D eigenvalue weighted by Crippen LogP contribution is 2.40. The molecular weight excluding hydrogens is 296 g/mol. The first-order chi connectivity index (χ1) is 9.74. The standard InChI is InChI=1S/C12H14N4O2S2/c17-10(18)7-20-12-15-14-11(8-1-2-8)16(12)5-3-9-13-4-6-19-9/h4,6,8H,1-3,5,7H2,(H,17,18). The Balaban J connectivity index is 1.74. The summed E-state index contributed by atoms with van der Waals surface area (Å²) < 4.78 is 2.06. The zero-order valence-corrected chi connectivity index (χ0v) is 12.4. The van der Waals surface area contributed by atoms with Crippen LogP contribution in [-0.2, 0) is 17.8 Å². The lowest BCUT2D eigenvalue weighted by atomic mass is 10.3. The number of aliphatic carboxylic acids is 1. The molecular formula is C12H14N4O2S2. The minimum absolute atomic E-state index is 0.0139. The van der Waals surface area contributed by atoms with Crippen LogP contribution in [0.1, 0.15) is 29.6 Å². The molecule has 3 rings (SSSR count). The fourth-order valence-electron chi connectivity index (χ4n) is 1.97. The van der Waals surface area contributed by atoms with Gasteiger partial charge in [-0.1, -0.05) is 11.8 Å². The maximum atomic E-state index is 10.7. The van der Waals surface area contributed by atoms with Gasteiger partial charge in [0.25, 0.3) is 0 Å². The Morgan fingerprint density at radius 1 is 1.50 bits per heavy atom. The summed E-state index contributed by atoms with van der Waals surface area (Å²) in [5.74, 6) is 0.671. The predicted molar refractivity (Wildman–Crippen MR) is 76.2 cm³/mol. The van der Waals surface area contributed by atoms with Crippen molar-refractivity contribution in [2.45, 2.75) is 36.9 Å². The van der Waals surface area contributed by atoms with Crippen molar-refractivity contribution < 1.29 is 9.90 Å². The second-order valence-corrected chi connectivity index (χ2v) is 6.55. The zero-order valence-electron chi connectivity index (χ0n) is 10.7. The van der Waals surface area contributed by atoms with E-state index in [0.717, 1.165) is 36.6 Å². The van der Waals surface area contributed by atoms with Crippen LogP contribution in [0.5, 0.6) is 0 Å². The molecule has 0 radical (unpaired) electrons. The summed E-state index contributed by atoms with van der Waals surface area (Å²) in [7, 11) is 0. The molecule has 1 fully saturated rings. The summed E-state index contributed by atoms with van der Waals surface area (Å²) in [6, 6.07) is 0. The lowest BCUT2D eigenvalue weighted by molar-refractivity contribution is -0.133. The molecule has 0 spiro atoms. The fraction of sp³-hybridized carbons (Fsp3) is 0.500. The molecule has 106 valence electrons. The third-order valence-electron chi connectivity index (χ3n) is 3.05. The Labute approximate surface area is 124 Å². The molecule has 20 heavy (non-hydrogen) atoms. The van der Waals surface area contributed by atoms with Gasteiger partial charge in [-0.2, -0.15) is 0 Å². The molecule has 6 nitrogen and oxygen atoms in total. The van der Waals surface area contributed by atoms with E-state index >= 15 is 0 Å². The Bertz CT molecular complexity index is 593. The molecule has 8 heteroatoms. The minimum Gasteiger partial charge on any atom is -0.481 e. The monoisotopic (exact) mass is 310 g/mol. The second-order valence-electron chi connectivity index (χ2n) is 4.62. The molecule has 0 bridgehead atoms. The number of thioether (sulfide) groups is 1. The summed E-state index contributed by atoms with van der Waals surface area (Å²) in [6.07, 6.45) is 4.93. The average molecular weight is 310 g/mol. The van der Waals surface area contributed by atoms with E-state index in [4.69, 9.17) is 5.11 Å². The smallest absolute Gasteiger partial charge is 0.313 e. The van der Waals surface area contributed by atoms with Gasteiger partial charge in [-0.25, -0.2) is 4.98 Å². The Morgan fingerprint density at radius 2 is 2.35 bits per heavy atom. The molecule has 0 saturated heterocycles. The first-order valence-electron chi connectivity index (χ1n) is 6.40. The lowest BCUT2D eigenvalue weighted by Crippen LogP contribution is -2.08. The number of rotatable bonds is 7. The number of aryl methyl sites for hydroxylation is 1. The quantitative estimate of drug-likeness (QED) is 0.788. The van der Waals surface area contributed by atoms with Crippen LogP contribution in [-0.4, -0.2) is 36.6 Å². The van der Waals surface area contributed by atoms with Gasteiger partial charge in [0, 0.05) is 30.5 Å². The fourth-order valence-corrected chi connectivity index (χ4v) is 3.27. The molecule has 0 aliphatic heterocycles. The van der Waals surface area contributed by atoms with Crippen LogP contribution in [0.25, 0.3) is 0 Å². The van der Waals surface area contributed by atoms with Gasteiger partial charge in [0.1, 0.15) is 5.82 Å². The summed E-state index contributed by atoms with van der Waals surface area (Å²) in [5.41, 5.74) is 0. The van der Waals surface area contributed by atoms with E-state index in [1.54, 1.807) is 17.5 Å². The van der Waals surface area contributed by atoms with Crippen LogP contribution in [0.3, 0.4) is 0 Å². The van der Waals surface area contributed by atoms with Crippen LogP contribution in [0.4, 0.5) is 0 Å². The second kappa shape index (κ2) is 5.92. The van der Waals surface area contributed by atoms with Gasteiger partial charge in [0.05, 0.1) is 10.8 Å². The molecule has 0 atom stereocenters. The van der Waals surface area contributed by atoms with Gasteiger partial charge in [-0.15, -0.1) is 21.5 Å². The maximum absolute atomic E-state index is 10.7. The van der Waals surface area contributed by atoms with E-state index in [0.29, 0.717) is 11.1 Å². The van der Waals surface area contributed by atoms with Gasteiger partial charge in [-0.05, 0) is 12.8 Å². The third-order valence-corrected chi connectivity index (χ3v) is 4.84. The molecule has 0 amide bonds. The number of carboxylic acids is 1. The molecule has 0 unspecified atom stereocenters. The molecule has 1 aliphatic carbocycles. The Kier molecular flexibility index (Phi) is 4.02. The van der Waals surface area contributed by atoms with E-state index in [1.165, 1.54) is 11.8 Å². The Morgan fingerprint density at radius 3 is 3.00 bits per heavy atom. The molecule has 2 heterocycles. The third kappa shape index (κ3) is 3.18. The van der Waals surface area contributed by atoms with Crippen molar-refractivity contribution in [1.82, 2.24) is 19.7 Å². The van der Waals surface area contributed by atoms with Gasteiger partial charge in [-0.3, -0.25) is 4.79 Å². The predicted octanol–water partition coefficient (Wildman–Crippen LogP) is 2.03. The zero-order chi connectivity index (χ0) is 13.9. The maximum Gasteiger partial charge on any atom is 0.313 e. The van der Waals surface area contributed by atoms with Crippen molar-refractivity contribution >= 4 is 29.1 Å². The number of hydrogen-bond donors (Lipinski definition) is 1. The number of thiazole rings is 1. The van der Waals surface area contributed by atoms with Gasteiger partial charge < -0.3 is 9.67 Å². The van der Waals surface area contributed by atoms with Crippen molar-refractivity contribution in [2.24, 2.45) is 0 Å². The average Bonchev–Trinajstić information content (AvgIpc) is 2.99. The van der Waals surface area contributed by atoms with E-state index < -0.39 is 5.97 Å². The number of nitrogens with zero attached hydrogens (tertiary/aromatic N) is 4. The van der Waals surface area contributed by atoms with Crippen LogP contribution in [0, 0.1) is 0 Å². The molecule has 1 N–H and O–H groups in total. The summed E-state index contributed by atoms with van der Waals surface area (Å²) >= 11 is 2.86. The summed E-state index contributed by atoms with van der Waals surface area (Å²) in [6.45, 7) is 0.758. The number of carbonyl (C=O) groups is 1. The van der Waals surface area contributed by atoms with Crippen molar-refractivity contribution in [2.75, 3.05) is 5.75 Å². The van der Waals surface area contributed by atoms with E-state index in [1.807, 2.05) is 5.38 Å². The number of carboxylic acid groups (broad SMARTS) is 1. The van der Waals surface area contributed by atoms with Crippen molar-refractivity contribution in [3.63, 3.8) is 0 Å². The first-order valence-corrected chi connectivity index (χ1v) is 8.26. The minimum atomic E-state index is -0.836. The molecule has 2 aromatic rings. The van der Waals surface area contributed by atoms with Gasteiger partial charge in [0.15, 0.2) is 5.16 Å². The summed E-state index contributed by atoms with van der Waals surface area (Å²) in [5, 5.41) is 20.9. The largest absolute Gasteiger partial charge is 0.481 e. The molecule has 2 aromatic heterocycles. The van der Waals surface area contributed by atoms with Crippen LogP contribution >= 0.6 is 23.1 Å². The van der Waals surface area contributed by atoms with Crippen molar-refractivity contribution in [3.05, 3.63) is 22.4 Å². The first kappa shape index (κ1) is 13.6. The molecule has 1 aliphatic rings. The highest BCUT2D eigenvalue weighted by atomic mass is 32.2. The highest BCUT2D eigenvalue weighted by molar-refractivity contribution is 7.99. The van der Waals surface area contributed by atoms with E-state index in [2.05, 4.69) is 19.7 Å².